The summed E-state index contributed by atoms with van der Waals surface area (Å²) in [4.78, 5) is 10.9. The second-order valence-electron chi connectivity index (χ2n) is 3.96. The Morgan fingerprint density at radius 3 is 2.40 bits per heavy atom. The van der Waals surface area contributed by atoms with Crippen LogP contribution in [0.1, 0.15) is 17.9 Å². The molecule has 0 fully saturated rings. The van der Waals surface area contributed by atoms with Crippen LogP contribution in [-0.4, -0.2) is 10.0 Å². The molecule has 0 radical (unpaired) electrons. The molecule has 0 aliphatic rings. The number of hydrogen-bond donors (Lipinski definition) is 1. The standard InChI is InChI=1S/C12H9Cl2NO4S/c1-6(16)11-5-10(15(17)18)12(20-11)19-9-3-7(13)2-8(14)4-9/h2-6,16H,1H3. The average molecular weight is 334 g/mol. The molecule has 1 N–H and O–H groups in total. The van der Waals surface area contributed by atoms with Crippen LogP contribution in [0.2, 0.25) is 10.0 Å². The summed E-state index contributed by atoms with van der Waals surface area (Å²) in [6.07, 6.45) is -0.806. The molecule has 0 amide bonds. The topological polar surface area (TPSA) is 72.6 Å². The SMILES string of the molecule is CC(O)c1cc([N+](=O)[O-])c(Oc2cc(Cl)cc(Cl)c2)s1. The maximum absolute atomic E-state index is 11.0. The summed E-state index contributed by atoms with van der Waals surface area (Å²) in [5.41, 5.74) is -0.206. The van der Waals surface area contributed by atoms with Crippen molar-refractivity contribution in [1.29, 1.82) is 0 Å². The van der Waals surface area contributed by atoms with Crippen molar-refractivity contribution in [2.75, 3.05) is 0 Å². The number of thiophene rings is 1. The second-order valence-corrected chi connectivity index (χ2v) is 5.88. The van der Waals surface area contributed by atoms with Gasteiger partial charge in [0.2, 0.25) is 0 Å². The molecule has 1 atom stereocenters. The molecule has 0 saturated heterocycles. The van der Waals surface area contributed by atoms with E-state index in [1.54, 1.807) is 0 Å². The highest BCUT2D eigenvalue weighted by atomic mass is 35.5. The van der Waals surface area contributed by atoms with E-state index in [1.165, 1.54) is 31.2 Å². The van der Waals surface area contributed by atoms with Gasteiger partial charge in [0.25, 0.3) is 5.06 Å². The predicted molar refractivity (Wildman–Crippen MR) is 78.1 cm³/mol. The minimum Gasteiger partial charge on any atom is -0.440 e. The molecule has 2 rings (SSSR count). The minimum atomic E-state index is -0.806. The fourth-order valence-electron chi connectivity index (χ4n) is 1.48. The highest BCUT2D eigenvalue weighted by molar-refractivity contribution is 7.14. The molecule has 2 aromatic rings. The maximum Gasteiger partial charge on any atom is 0.323 e. The number of nitrogens with zero attached hydrogens (tertiary/aromatic N) is 1. The zero-order valence-corrected chi connectivity index (χ0v) is 12.5. The Labute approximate surface area is 128 Å². The van der Waals surface area contributed by atoms with Crippen LogP contribution in [0.25, 0.3) is 0 Å². The highest BCUT2D eigenvalue weighted by Gasteiger charge is 2.23. The molecule has 1 aromatic carbocycles. The molecule has 106 valence electrons. The molecule has 1 unspecified atom stereocenters. The lowest BCUT2D eigenvalue weighted by atomic mass is 10.3. The van der Waals surface area contributed by atoms with Gasteiger partial charge in [0.05, 0.1) is 11.0 Å². The Kier molecular flexibility index (Phi) is 4.49. The smallest absolute Gasteiger partial charge is 0.323 e. The Bertz CT molecular complexity index is 637. The zero-order chi connectivity index (χ0) is 14.9. The van der Waals surface area contributed by atoms with Crippen LogP contribution in [0.3, 0.4) is 0 Å². The third kappa shape index (κ3) is 3.40. The Morgan fingerprint density at radius 1 is 1.30 bits per heavy atom. The molecule has 1 heterocycles. The molecule has 20 heavy (non-hydrogen) atoms. The number of benzene rings is 1. The van der Waals surface area contributed by atoms with Gasteiger partial charge >= 0.3 is 5.69 Å². The molecule has 0 aliphatic heterocycles. The Morgan fingerprint density at radius 2 is 1.90 bits per heavy atom. The first kappa shape index (κ1) is 15.1. The Balaban J connectivity index is 2.39. The number of aliphatic hydroxyl groups excluding tert-OH is 1. The third-order valence-corrected chi connectivity index (χ3v) is 3.96. The van der Waals surface area contributed by atoms with E-state index in [1.807, 2.05) is 0 Å². The first-order chi connectivity index (χ1) is 9.36. The van der Waals surface area contributed by atoms with Crippen molar-refractivity contribution in [2.45, 2.75) is 13.0 Å². The van der Waals surface area contributed by atoms with Crippen molar-refractivity contribution >= 4 is 40.2 Å². The summed E-state index contributed by atoms with van der Waals surface area (Å²) in [6.45, 7) is 1.52. The summed E-state index contributed by atoms with van der Waals surface area (Å²) in [5.74, 6) is 0.296. The first-order valence-corrected chi connectivity index (χ1v) is 7.04. The van der Waals surface area contributed by atoms with E-state index in [9.17, 15) is 15.2 Å². The summed E-state index contributed by atoms with van der Waals surface area (Å²) in [5, 5.41) is 21.3. The lowest BCUT2D eigenvalue weighted by Gasteiger charge is -2.04. The number of aliphatic hydroxyl groups is 1. The average Bonchev–Trinajstić information content (AvgIpc) is 2.71. The van der Waals surface area contributed by atoms with E-state index < -0.39 is 11.0 Å². The van der Waals surface area contributed by atoms with Gasteiger partial charge < -0.3 is 9.84 Å². The van der Waals surface area contributed by atoms with Crippen molar-refractivity contribution < 1.29 is 14.8 Å². The van der Waals surface area contributed by atoms with E-state index in [4.69, 9.17) is 27.9 Å². The van der Waals surface area contributed by atoms with Crippen LogP contribution in [-0.2, 0) is 0 Å². The quantitative estimate of drug-likeness (QED) is 0.643. The predicted octanol–water partition coefficient (Wildman–Crippen LogP) is 4.81. The fraction of sp³-hybridized carbons (Fsp3) is 0.167. The number of rotatable bonds is 4. The molecule has 0 saturated carbocycles. The molecule has 0 aliphatic carbocycles. The number of nitro groups is 1. The lowest BCUT2D eigenvalue weighted by molar-refractivity contribution is -0.385. The van der Waals surface area contributed by atoms with Gasteiger partial charge in [-0.1, -0.05) is 34.5 Å². The van der Waals surface area contributed by atoms with Gasteiger partial charge in [-0.3, -0.25) is 10.1 Å². The fourth-order valence-corrected chi connectivity index (χ4v) is 2.92. The largest absolute Gasteiger partial charge is 0.440 e. The minimum absolute atomic E-state index is 0.0734. The van der Waals surface area contributed by atoms with Crippen LogP contribution in [0.15, 0.2) is 24.3 Å². The van der Waals surface area contributed by atoms with E-state index in [0.717, 1.165) is 11.3 Å². The van der Waals surface area contributed by atoms with Gasteiger partial charge in [-0.2, -0.15) is 0 Å². The van der Waals surface area contributed by atoms with Crippen molar-refractivity contribution in [2.24, 2.45) is 0 Å². The van der Waals surface area contributed by atoms with Gasteiger partial charge in [-0.15, -0.1) is 0 Å². The second kappa shape index (κ2) is 5.97. The maximum atomic E-state index is 11.0. The number of hydrogen-bond acceptors (Lipinski definition) is 5. The van der Waals surface area contributed by atoms with Crippen molar-refractivity contribution in [3.63, 3.8) is 0 Å². The van der Waals surface area contributed by atoms with Crippen LogP contribution in [0.5, 0.6) is 10.8 Å². The summed E-state index contributed by atoms with van der Waals surface area (Å²) >= 11 is 12.7. The molecule has 8 heteroatoms. The lowest BCUT2D eigenvalue weighted by Crippen LogP contribution is -1.89. The van der Waals surface area contributed by atoms with Crippen LogP contribution < -0.4 is 4.74 Å². The van der Waals surface area contributed by atoms with Gasteiger partial charge in [0.15, 0.2) is 0 Å². The van der Waals surface area contributed by atoms with Crippen molar-refractivity contribution in [1.82, 2.24) is 0 Å². The highest BCUT2D eigenvalue weighted by Crippen LogP contribution is 2.42. The van der Waals surface area contributed by atoms with Crippen molar-refractivity contribution in [3.05, 3.63) is 49.3 Å². The molecular weight excluding hydrogens is 325 g/mol. The third-order valence-electron chi connectivity index (χ3n) is 2.35. The van der Waals surface area contributed by atoms with Crippen LogP contribution in [0, 0.1) is 10.1 Å². The van der Waals surface area contributed by atoms with E-state index in [2.05, 4.69) is 0 Å². The van der Waals surface area contributed by atoms with Gasteiger partial charge in [0.1, 0.15) is 5.75 Å². The Hall–Kier alpha value is -1.34. The molecule has 1 aromatic heterocycles. The summed E-state index contributed by atoms with van der Waals surface area (Å²) < 4.78 is 5.46. The van der Waals surface area contributed by atoms with E-state index in [-0.39, 0.29) is 10.8 Å². The van der Waals surface area contributed by atoms with E-state index in [0.29, 0.717) is 20.7 Å². The monoisotopic (exact) mass is 333 g/mol. The number of halogens is 2. The molecule has 0 spiro atoms. The van der Waals surface area contributed by atoms with Crippen LogP contribution >= 0.6 is 34.5 Å². The molecule has 0 bridgehead atoms. The normalized spacial score (nSPS) is 12.2. The number of ether oxygens (including phenoxy) is 1. The van der Waals surface area contributed by atoms with Gasteiger partial charge in [-0.25, -0.2) is 0 Å². The summed E-state index contributed by atoms with van der Waals surface area (Å²) in [6, 6.07) is 5.81. The molecule has 5 nitrogen and oxygen atoms in total. The van der Waals surface area contributed by atoms with Gasteiger partial charge in [0, 0.05) is 21.0 Å². The van der Waals surface area contributed by atoms with Gasteiger partial charge in [-0.05, 0) is 25.1 Å². The van der Waals surface area contributed by atoms with Crippen LogP contribution in [0.4, 0.5) is 5.69 Å². The first-order valence-electron chi connectivity index (χ1n) is 5.47. The van der Waals surface area contributed by atoms with Crippen molar-refractivity contribution in [3.8, 4) is 10.8 Å². The summed E-state index contributed by atoms with van der Waals surface area (Å²) in [7, 11) is 0. The zero-order valence-electron chi connectivity index (χ0n) is 10.2. The van der Waals surface area contributed by atoms with E-state index >= 15 is 0 Å². The molecular formula is C12H9Cl2NO4S.